The number of carbonyl (C=O) groups is 1. The summed E-state index contributed by atoms with van der Waals surface area (Å²) in [6.45, 7) is 0. The second kappa shape index (κ2) is 8.70. The van der Waals surface area contributed by atoms with Crippen LogP contribution in [-0.2, 0) is 11.0 Å². The summed E-state index contributed by atoms with van der Waals surface area (Å²) in [5.41, 5.74) is -0.370. The van der Waals surface area contributed by atoms with Crippen LogP contribution in [0.4, 0.5) is 17.6 Å². The van der Waals surface area contributed by atoms with Gasteiger partial charge >= 0.3 is 6.18 Å². The van der Waals surface area contributed by atoms with E-state index in [2.05, 4.69) is 15.3 Å². The maximum atomic E-state index is 13.2. The molecule has 1 unspecified atom stereocenters. The first-order valence-corrected chi connectivity index (χ1v) is 9.81. The van der Waals surface area contributed by atoms with E-state index < -0.39 is 29.6 Å². The summed E-state index contributed by atoms with van der Waals surface area (Å²) in [6, 6.07) is 9.69. The molecule has 0 saturated heterocycles. The van der Waals surface area contributed by atoms with Crippen molar-refractivity contribution in [1.29, 1.82) is 0 Å². The Kier molecular flexibility index (Phi) is 6.30. The van der Waals surface area contributed by atoms with E-state index in [1.807, 2.05) is 17.5 Å². The molecule has 0 aliphatic rings. The largest absolute Gasteiger partial charge is 0.433 e. The molecule has 2 aromatic heterocycles. The van der Waals surface area contributed by atoms with Crippen molar-refractivity contribution in [2.75, 3.05) is 5.75 Å². The van der Waals surface area contributed by atoms with Gasteiger partial charge in [0.25, 0.3) is 0 Å². The van der Waals surface area contributed by atoms with E-state index in [9.17, 15) is 22.4 Å². The van der Waals surface area contributed by atoms with Gasteiger partial charge in [0.1, 0.15) is 11.5 Å². The fraction of sp³-hybridized carbons (Fsp3) is 0.167. The standard InChI is InChI=1S/C18H13F4N3OS2/c19-12-5-3-11(4-6-12)16(13-2-1-9-27-13)25-15(26)10-28-17-23-8-7-14(24-17)18(20,21)22/h1-9,16H,10H2,(H,25,26). The van der Waals surface area contributed by atoms with Crippen LogP contribution >= 0.6 is 23.1 Å². The number of amides is 1. The second-order valence-corrected chi connectivity index (χ2v) is 7.50. The zero-order valence-corrected chi connectivity index (χ0v) is 15.7. The first kappa shape index (κ1) is 20.3. The molecule has 0 fully saturated rings. The van der Waals surface area contributed by atoms with Crippen molar-refractivity contribution < 1.29 is 22.4 Å². The first-order valence-electron chi connectivity index (χ1n) is 7.94. The Morgan fingerprint density at radius 3 is 2.57 bits per heavy atom. The smallest absolute Gasteiger partial charge is 0.344 e. The van der Waals surface area contributed by atoms with Crippen LogP contribution in [0, 0.1) is 5.82 Å². The average Bonchev–Trinajstić information content (AvgIpc) is 3.19. The molecule has 2 heterocycles. The number of nitrogens with zero attached hydrogens (tertiary/aromatic N) is 2. The molecule has 3 aromatic rings. The Labute approximate surface area is 166 Å². The van der Waals surface area contributed by atoms with Crippen molar-refractivity contribution in [3.63, 3.8) is 0 Å². The van der Waals surface area contributed by atoms with E-state index in [1.54, 1.807) is 12.1 Å². The molecule has 0 radical (unpaired) electrons. The van der Waals surface area contributed by atoms with Crippen molar-refractivity contribution in [1.82, 2.24) is 15.3 Å². The lowest BCUT2D eigenvalue weighted by atomic mass is 10.1. The van der Waals surface area contributed by atoms with Gasteiger partial charge in [0.2, 0.25) is 5.91 Å². The summed E-state index contributed by atoms with van der Waals surface area (Å²) in [6.07, 6.45) is -3.57. The first-order chi connectivity index (χ1) is 13.3. The topological polar surface area (TPSA) is 54.9 Å². The van der Waals surface area contributed by atoms with Crippen LogP contribution in [0.1, 0.15) is 22.2 Å². The minimum Gasteiger partial charge on any atom is -0.344 e. The Hall–Kier alpha value is -2.46. The highest BCUT2D eigenvalue weighted by molar-refractivity contribution is 7.99. The van der Waals surface area contributed by atoms with Gasteiger partial charge in [0.05, 0.1) is 11.8 Å². The fourth-order valence-electron chi connectivity index (χ4n) is 2.33. The molecule has 1 atom stereocenters. The van der Waals surface area contributed by atoms with Crippen molar-refractivity contribution in [3.8, 4) is 0 Å². The normalized spacial score (nSPS) is 12.6. The number of aromatic nitrogens is 2. The Balaban J connectivity index is 1.69. The molecule has 0 bridgehead atoms. The summed E-state index contributed by atoms with van der Waals surface area (Å²) in [5.74, 6) is -0.962. The van der Waals surface area contributed by atoms with Gasteiger partial charge in [0, 0.05) is 11.1 Å². The summed E-state index contributed by atoms with van der Waals surface area (Å²) in [4.78, 5) is 20.4. The van der Waals surface area contributed by atoms with E-state index in [0.717, 1.165) is 28.9 Å². The molecular weight excluding hydrogens is 414 g/mol. The number of rotatable bonds is 6. The quantitative estimate of drug-likeness (QED) is 0.352. The predicted octanol–water partition coefficient (Wildman–Crippen LogP) is 4.69. The van der Waals surface area contributed by atoms with Gasteiger partial charge in [0.15, 0.2) is 5.16 Å². The highest BCUT2D eigenvalue weighted by Gasteiger charge is 2.32. The van der Waals surface area contributed by atoms with Gasteiger partial charge < -0.3 is 5.32 Å². The van der Waals surface area contributed by atoms with Gasteiger partial charge in [-0.05, 0) is 35.2 Å². The van der Waals surface area contributed by atoms with Crippen LogP contribution in [0.2, 0.25) is 0 Å². The molecule has 1 amide bonds. The van der Waals surface area contributed by atoms with Crippen molar-refractivity contribution in [2.24, 2.45) is 0 Å². The number of hydrogen-bond donors (Lipinski definition) is 1. The zero-order valence-electron chi connectivity index (χ0n) is 14.1. The second-order valence-electron chi connectivity index (χ2n) is 5.58. The number of carbonyl (C=O) groups excluding carboxylic acids is 1. The maximum absolute atomic E-state index is 13.2. The monoisotopic (exact) mass is 427 g/mol. The number of alkyl halides is 3. The third kappa shape index (κ3) is 5.29. The van der Waals surface area contributed by atoms with Crippen LogP contribution in [0.15, 0.2) is 59.2 Å². The van der Waals surface area contributed by atoms with Crippen molar-refractivity contribution in [2.45, 2.75) is 17.4 Å². The minimum absolute atomic E-state index is 0.139. The molecule has 146 valence electrons. The van der Waals surface area contributed by atoms with E-state index in [1.165, 1.54) is 23.5 Å². The minimum atomic E-state index is -4.58. The van der Waals surface area contributed by atoms with Crippen molar-refractivity contribution in [3.05, 3.63) is 76.0 Å². The van der Waals surface area contributed by atoms with E-state index in [0.29, 0.717) is 5.56 Å². The van der Waals surface area contributed by atoms with Gasteiger partial charge in [-0.3, -0.25) is 4.79 Å². The SMILES string of the molecule is O=C(CSc1nccc(C(F)(F)F)n1)NC(c1ccc(F)cc1)c1cccs1. The van der Waals surface area contributed by atoms with E-state index in [-0.39, 0.29) is 10.9 Å². The highest BCUT2D eigenvalue weighted by atomic mass is 32.2. The maximum Gasteiger partial charge on any atom is 0.433 e. The molecule has 0 aliphatic carbocycles. The van der Waals surface area contributed by atoms with E-state index >= 15 is 0 Å². The van der Waals surface area contributed by atoms with Gasteiger partial charge in [-0.1, -0.05) is 30.0 Å². The van der Waals surface area contributed by atoms with Crippen LogP contribution in [0.5, 0.6) is 0 Å². The summed E-state index contributed by atoms with van der Waals surface area (Å²) in [7, 11) is 0. The number of halogens is 4. The zero-order chi connectivity index (χ0) is 20.1. The molecule has 0 saturated carbocycles. The summed E-state index contributed by atoms with van der Waals surface area (Å²) >= 11 is 2.23. The molecule has 1 N–H and O–H groups in total. The van der Waals surface area contributed by atoms with Crippen LogP contribution in [0.3, 0.4) is 0 Å². The Bertz CT molecular complexity index is 931. The molecule has 4 nitrogen and oxygen atoms in total. The number of hydrogen-bond acceptors (Lipinski definition) is 5. The molecule has 10 heteroatoms. The lowest BCUT2D eigenvalue weighted by Gasteiger charge is -2.18. The lowest BCUT2D eigenvalue weighted by molar-refractivity contribution is -0.141. The molecule has 0 aliphatic heterocycles. The number of thiophene rings is 1. The van der Waals surface area contributed by atoms with Crippen molar-refractivity contribution >= 4 is 29.0 Å². The predicted molar refractivity (Wildman–Crippen MR) is 98.5 cm³/mol. The molecule has 0 spiro atoms. The molecule has 1 aromatic carbocycles. The fourth-order valence-corrected chi connectivity index (χ4v) is 3.77. The average molecular weight is 427 g/mol. The molecule has 28 heavy (non-hydrogen) atoms. The Morgan fingerprint density at radius 2 is 1.93 bits per heavy atom. The number of benzene rings is 1. The number of thioether (sulfide) groups is 1. The highest BCUT2D eigenvalue weighted by Crippen LogP contribution is 2.29. The lowest BCUT2D eigenvalue weighted by Crippen LogP contribution is -2.30. The van der Waals surface area contributed by atoms with E-state index in [4.69, 9.17) is 0 Å². The Morgan fingerprint density at radius 1 is 1.18 bits per heavy atom. The van der Waals surface area contributed by atoms with Gasteiger partial charge in [-0.2, -0.15) is 13.2 Å². The third-order valence-electron chi connectivity index (χ3n) is 3.59. The third-order valence-corrected chi connectivity index (χ3v) is 5.39. The van der Waals surface area contributed by atoms with Gasteiger partial charge in [-0.15, -0.1) is 11.3 Å². The molecule has 3 rings (SSSR count). The van der Waals surface area contributed by atoms with Gasteiger partial charge in [-0.25, -0.2) is 14.4 Å². The molecular formula is C18H13F4N3OS2. The van der Waals surface area contributed by atoms with Crippen LogP contribution < -0.4 is 5.32 Å². The summed E-state index contributed by atoms with van der Waals surface area (Å²) < 4.78 is 51.3. The van der Waals surface area contributed by atoms with Crippen LogP contribution in [0.25, 0.3) is 0 Å². The van der Waals surface area contributed by atoms with Crippen LogP contribution in [-0.4, -0.2) is 21.6 Å². The summed E-state index contributed by atoms with van der Waals surface area (Å²) in [5, 5.41) is 4.53. The number of nitrogens with one attached hydrogen (secondary N) is 1.